The number of rotatable bonds is 5. The Morgan fingerprint density at radius 2 is 1.67 bits per heavy atom. The van der Waals surface area contributed by atoms with E-state index in [2.05, 4.69) is 14.7 Å². The molecule has 0 unspecified atom stereocenters. The van der Waals surface area contributed by atoms with Gasteiger partial charge in [0.2, 0.25) is 5.91 Å². The maximum absolute atomic E-state index is 13.2. The number of nitrogens with one attached hydrogen (secondary N) is 1. The Morgan fingerprint density at radius 3 is 2.31 bits per heavy atom. The van der Waals surface area contributed by atoms with Gasteiger partial charge in [0.25, 0.3) is 10.0 Å². The summed E-state index contributed by atoms with van der Waals surface area (Å²) >= 11 is 6.42. The zero-order valence-electron chi connectivity index (χ0n) is 22.4. The zero-order valence-corrected chi connectivity index (χ0v) is 23.9. The van der Waals surface area contributed by atoms with Crippen molar-refractivity contribution < 1.29 is 22.7 Å². The van der Waals surface area contributed by atoms with Crippen LogP contribution in [-0.2, 0) is 19.6 Å². The van der Waals surface area contributed by atoms with Gasteiger partial charge in [-0.05, 0) is 70.0 Å². The summed E-state index contributed by atoms with van der Waals surface area (Å²) in [6.07, 6.45) is -0.584. The summed E-state index contributed by atoms with van der Waals surface area (Å²) in [5.41, 5.74) is 2.51. The first-order valence-corrected chi connectivity index (χ1v) is 14.1. The van der Waals surface area contributed by atoms with Crippen molar-refractivity contribution in [2.45, 2.75) is 45.2 Å². The number of anilines is 2. The predicted octanol–water partition coefficient (Wildman–Crippen LogP) is 4.80. The van der Waals surface area contributed by atoms with Gasteiger partial charge in [-0.1, -0.05) is 35.9 Å². The summed E-state index contributed by atoms with van der Waals surface area (Å²) in [4.78, 5) is 36.6. The molecule has 1 aliphatic rings. The molecular weight excluding hydrogens is 542 g/mol. The highest BCUT2D eigenvalue weighted by atomic mass is 35.5. The first-order valence-electron chi connectivity index (χ1n) is 12.3. The molecule has 1 N–H and O–H groups in total. The molecule has 3 heterocycles. The van der Waals surface area contributed by atoms with Crippen molar-refractivity contribution in [3.05, 3.63) is 64.7 Å². The molecular formula is C27H30ClN5O5S. The summed E-state index contributed by atoms with van der Waals surface area (Å²) in [7, 11) is -4.16. The minimum atomic E-state index is -4.16. The van der Waals surface area contributed by atoms with Gasteiger partial charge in [-0.3, -0.25) is 19.3 Å². The minimum Gasteiger partial charge on any atom is -0.444 e. The summed E-state index contributed by atoms with van der Waals surface area (Å²) < 4.78 is 34.3. The fraction of sp³-hybridized carbons (Fsp3) is 0.333. The highest BCUT2D eigenvalue weighted by Crippen LogP contribution is 2.33. The normalized spacial score (nSPS) is 14.4. The van der Waals surface area contributed by atoms with Crippen LogP contribution in [0.2, 0.25) is 5.02 Å². The fourth-order valence-electron chi connectivity index (χ4n) is 4.15. The van der Waals surface area contributed by atoms with Crippen LogP contribution in [0, 0.1) is 13.8 Å². The molecule has 12 heteroatoms. The molecule has 1 aliphatic heterocycles. The quantitative estimate of drug-likeness (QED) is 0.467. The van der Waals surface area contributed by atoms with Crippen LogP contribution in [0.15, 0.2) is 53.6 Å². The minimum absolute atomic E-state index is 0.0753. The van der Waals surface area contributed by atoms with Gasteiger partial charge in [-0.15, -0.1) is 0 Å². The molecule has 1 aromatic carbocycles. The largest absolute Gasteiger partial charge is 0.444 e. The first kappa shape index (κ1) is 28.3. The average Bonchev–Trinajstić information content (AvgIpc) is 2.84. The first-order chi connectivity index (χ1) is 18.2. The van der Waals surface area contributed by atoms with Gasteiger partial charge >= 0.3 is 6.09 Å². The summed E-state index contributed by atoms with van der Waals surface area (Å²) in [6, 6.07) is 13.2. The number of halogens is 1. The average molecular weight is 572 g/mol. The van der Waals surface area contributed by atoms with Crippen LogP contribution in [-0.4, -0.2) is 60.5 Å². The maximum atomic E-state index is 13.2. The number of hydrogen-bond acceptors (Lipinski definition) is 7. The lowest BCUT2D eigenvalue weighted by atomic mass is 9.99. The number of piperazine rings is 1. The molecule has 2 aromatic heterocycles. The van der Waals surface area contributed by atoms with Crippen molar-refractivity contribution in [1.29, 1.82) is 0 Å². The van der Waals surface area contributed by atoms with E-state index in [1.165, 1.54) is 28.0 Å². The van der Waals surface area contributed by atoms with Crippen LogP contribution in [0.5, 0.6) is 0 Å². The molecule has 0 bridgehead atoms. The van der Waals surface area contributed by atoms with Crippen molar-refractivity contribution in [3.8, 4) is 11.3 Å². The molecule has 4 rings (SSSR count). The fourth-order valence-corrected chi connectivity index (χ4v) is 5.32. The number of carbonyl (C=O) groups excluding carboxylic acids is 2. The smallest absolute Gasteiger partial charge is 0.410 e. The molecule has 1 fully saturated rings. The van der Waals surface area contributed by atoms with E-state index >= 15 is 0 Å². The Balaban J connectivity index is 1.54. The number of carbonyl (C=O) groups is 2. The molecule has 0 saturated carbocycles. The number of nitrogens with zero attached hydrogens (tertiary/aromatic N) is 4. The van der Waals surface area contributed by atoms with Crippen molar-refractivity contribution in [3.63, 3.8) is 0 Å². The van der Waals surface area contributed by atoms with E-state index in [1.807, 2.05) is 32.0 Å². The van der Waals surface area contributed by atoms with Gasteiger partial charge in [0, 0.05) is 18.7 Å². The molecule has 0 radical (unpaired) electrons. The molecule has 0 spiro atoms. The summed E-state index contributed by atoms with van der Waals surface area (Å²) in [6.45, 7) is 9.25. The van der Waals surface area contributed by atoms with Crippen LogP contribution in [0.4, 0.5) is 16.4 Å². The Bertz CT molecular complexity index is 1520. The number of hydrogen-bond donors (Lipinski definition) is 1. The van der Waals surface area contributed by atoms with Crippen LogP contribution in [0.25, 0.3) is 11.3 Å². The van der Waals surface area contributed by atoms with Crippen molar-refractivity contribution in [2.24, 2.45) is 0 Å². The van der Waals surface area contributed by atoms with Crippen LogP contribution in [0.1, 0.15) is 31.9 Å². The van der Waals surface area contributed by atoms with E-state index in [0.717, 1.165) is 16.7 Å². The summed E-state index contributed by atoms with van der Waals surface area (Å²) in [5.74, 6) is -0.168. The van der Waals surface area contributed by atoms with Crippen LogP contribution >= 0.6 is 11.6 Å². The second-order valence-electron chi connectivity index (χ2n) is 10.2. The number of aromatic nitrogens is 2. The molecule has 2 amide bonds. The summed E-state index contributed by atoms with van der Waals surface area (Å²) in [5, 5.41) is 0.104. The van der Waals surface area contributed by atoms with E-state index in [4.69, 9.17) is 16.3 Å². The van der Waals surface area contributed by atoms with Gasteiger partial charge < -0.3 is 4.74 Å². The van der Waals surface area contributed by atoms with Gasteiger partial charge in [0.1, 0.15) is 23.8 Å². The molecule has 0 atom stereocenters. The van der Waals surface area contributed by atoms with E-state index in [-0.39, 0.29) is 36.3 Å². The van der Waals surface area contributed by atoms with Gasteiger partial charge in [0.05, 0.1) is 10.7 Å². The molecule has 39 heavy (non-hydrogen) atoms. The molecule has 3 aromatic rings. The monoisotopic (exact) mass is 571 g/mol. The van der Waals surface area contributed by atoms with E-state index in [9.17, 15) is 18.0 Å². The standard InChI is InChI=1S/C27H30ClN5O5S/c1-17-8-6-9-18(2)24(17)25-19(28)12-13-20(29-25)31-39(36,37)22-11-7-10-21(30-22)33-15-14-32(16-23(33)34)26(35)38-27(3,4)5/h6-13H,14-16H2,1-5H3,(H,29,31). The number of ether oxygens (including phenoxy) is 1. The van der Waals surface area contributed by atoms with Crippen molar-refractivity contribution in [2.75, 3.05) is 29.3 Å². The third-order valence-electron chi connectivity index (χ3n) is 5.94. The lowest BCUT2D eigenvalue weighted by Crippen LogP contribution is -2.53. The molecule has 10 nitrogen and oxygen atoms in total. The van der Waals surface area contributed by atoms with Crippen molar-refractivity contribution >= 4 is 45.3 Å². The lowest BCUT2D eigenvalue weighted by molar-refractivity contribution is -0.121. The Hall–Kier alpha value is -3.70. The molecule has 0 aliphatic carbocycles. The highest BCUT2D eigenvalue weighted by Gasteiger charge is 2.32. The third kappa shape index (κ3) is 6.48. The Labute approximate surface area is 233 Å². The Kier molecular flexibility index (Phi) is 7.85. The van der Waals surface area contributed by atoms with Gasteiger partial charge in [-0.25, -0.2) is 14.8 Å². The van der Waals surface area contributed by atoms with Crippen molar-refractivity contribution in [1.82, 2.24) is 14.9 Å². The number of pyridine rings is 2. The highest BCUT2D eigenvalue weighted by molar-refractivity contribution is 7.92. The third-order valence-corrected chi connectivity index (χ3v) is 7.50. The number of benzene rings is 1. The number of aryl methyl sites for hydroxylation is 2. The van der Waals surface area contributed by atoms with E-state index < -0.39 is 27.6 Å². The lowest BCUT2D eigenvalue weighted by Gasteiger charge is -2.34. The molecule has 206 valence electrons. The van der Waals surface area contributed by atoms with E-state index in [1.54, 1.807) is 32.9 Å². The number of amides is 2. The number of sulfonamides is 1. The molecule has 1 saturated heterocycles. The van der Waals surface area contributed by atoms with Crippen LogP contribution in [0.3, 0.4) is 0 Å². The van der Waals surface area contributed by atoms with Gasteiger partial charge in [0.15, 0.2) is 5.03 Å². The zero-order chi connectivity index (χ0) is 28.5. The van der Waals surface area contributed by atoms with Crippen LogP contribution < -0.4 is 9.62 Å². The topological polar surface area (TPSA) is 122 Å². The predicted molar refractivity (Wildman–Crippen MR) is 149 cm³/mol. The van der Waals surface area contributed by atoms with E-state index in [0.29, 0.717) is 10.7 Å². The second kappa shape index (κ2) is 10.8. The second-order valence-corrected chi connectivity index (χ2v) is 12.2. The van der Waals surface area contributed by atoms with Gasteiger partial charge in [-0.2, -0.15) is 8.42 Å². The Morgan fingerprint density at radius 1 is 1.00 bits per heavy atom. The maximum Gasteiger partial charge on any atom is 0.410 e. The SMILES string of the molecule is Cc1cccc(C)c1-c1nc(NS(=O)(=O)c2cccc(N3CCN(C(=O)OC(C)(C)C)CC3=O)n2)ccc1Cl.